The van der Waals surface area contributed by atoms with Crippen LogP contribution in [0, 0.1) is 116 Å². The zero-order valence-corrected chi connectivity index (χ0v) is 30.4. The van der Waals surface area contributed by atoms with Gasteiger partial charge in [0.1, 0.15) is 58.2 Å². The van der Waals surface area contributed by atoms with Gasteiger partial charge in [-0.15, -0.1) is 21.9 Å². The fraction of sp³-hybridized carbons (Fsp3) is 0.0556. The van der Waals surface area contributed by atoms with E-state index in [1.54, 1.807) is 6.20 Å². The van der Waals surface area contributed by atoms with Gasteiger partial charge >= 0.3 is 0 Å². The first-order valence-electron chi connectivity index (χ1n) is 15.9. The van der Waals surface area contributed by atoms with Crippen molar-refractivity contribution >= 4 is 43.9 Å². The molecule has 0 aliphatic heterocycles. The molecule has 5 aromatic carbocycles. The molecule has 0 saturated heterocycles. The summed E-state index contributed by atoms with van der Waals surface area (Å²) in [4.78, 5) is 4.10. The molecular weight excluding hydrogens is 947 g/mol. The standard InChI is InChI=1S/C24BF20.C12H12BrN2O/c26-5-1(6(27)14(35)21(42)13(5)34)25(2-7(28)15(36)22(43)16(37)8(2)29,3-9(30)17(38)23(44)18(39)10(3)31)4-11(32)19(40)24(45)20(41)12(4)33;13-10-16-12-9-15(7-6-14-12)8-11-4-2-1-3-5-11/h;1-7,9H,8,10H2/q-1;+1. The number of rotatable bonds is 8. The molecule has 0 aliphatic carbocycles. The number of aromatic nitrogens is 2. The van der Waals surface area contributed by atoms with Crippen LogP contribution in [0.25, 0.3) is 0 Å². The van der Waals surface area contributed by atoms with Crippen LogP contribution in [0.2, 0.25) is 0 Å². The molecule has 61 heavy (non-hydrogen) atoms. The average Bonchev–Trinajstić information content (AvgIpc) is 3.24. The van der Waals surface area contributed by atoms with E-state index in [1.807, 2.05) is 35.2 Å². The highest BCUT2D eigenvalue weighted by molar-refractivity contribution is 9.09. The van der Waals surface area contributed by atoms with E-state index in [0.717, 1.165) is 6.54 Å². The van der Waals surface area contributed by atoms with Crippen LogP contribution in [0.1, 0.15) is 5.56 Å². The summed E-state index contributed by atoms with van der Waals surface area (Å²) in [6, 6.07) is 10.3. The van der Waals surface area contributed by atoms with Crippen molar-refractivity contribution < 1.29 is 97.1 Å². The quantitative estimate of drug-likeness (QED) is 0.0387. The lowest BCUT2D eigenvalue weighted by Gasteiger charge is -2.44. The maximum Gasteiger partial charge on any atom is 0.280 e. The maximum atomic E-state index is 15.4. The summed E-state index contributed by atoms with van der Waals surface area (Å²) in [6.45, 7) is 0.821. The highest BCUT2D eigenvalue weighted by Crippen LogP contribution is 2.30. The highest BCUT2D eigenvalue weighted by atomic mass is 79.9. The Kier molecular flexibility index (Phi) is 13.3. The topological polar surface area (TPSA) is 26.0 Å². The van der Waals surface area contributed by atoms with Crippen molar-refractivity contribution in [2.75, 3.05) is 5.52 Å². The second kappa shape index (κ2) is 17.6. The summed E-state index contributed by atoms with van der Waals surface area (Å²) >= 11 is 3.21. The first-order chi connectivity index (χ1) is 28.6. The van der Waals surface area contributed by atoms with Crippen LogP contribution < -0.4 is 31.2 Å². The number of halogens is 21. The molecule has 1 aromatic heterocycles. The third kappa shape index (κ3) is 7.60. The lowest BCUT2D eigenvalue weighted by molar-refractivity contribution is -0.689. The molecule has 0 spiro atoms. The van der Waals surface area contributed by atoms with Crippen LogP contribution in [-0.4, -0.2) is 16.6 Å². The van der Waals surface area contributed by atoms with Crippen LogP contribution in [0.3, 0.4) is 0 Å². The first-order valence-corrected chi connectivity index (χ1v) is 17.0. The van der Waals surface area contributed by atoms with Gasteiger partial charge in [-0.25, -0.2) is 92.8 Å². The Labute approximate surface area is 334 Å². The summed E-state index contributed by atoms with van der Waals surface area (Å²) in [6.07, 6.45) is -1.67. The minimum Gasteiger partial charge on any atom is -0.462 e. The van der Waals surface area contributed by atoms with Gasteiger partial charge in [0.15, 0.2) is 82.5 Å². The first kappa shape index (κ1) is 46.2. The van der Waals surface area contributed by atoms with Gasteiger partial charge in [-0.1, -0.05) is 30.3 Å². The van der Waals surface area contributed by atoms with Gasteiger partial charge in [-0.3, -0.25) is 0 Å². The zero-order chi connectivity index (χ0) is 45.6. The summed E-state index contributed by atoms with van der Waals surface area (Å²) in [5.41, 5.74) is -12.6. The van der Waals surface area contributed by atoms with E-state index in [0.29, 0.717) is 11.4 Å². The van der Waals surface area contributed by atoms with E-state index in [9.17, 15) is 52.7 Å². The van der Waals surface area contributed by atoms with Gasteiger partial charge in [-0.2, -0.15) is 4.57 Å². The lowest BCUT2D eigenvalue weighted by atomic mass is 9.12. The molecule has 1 heterocycles. The largest absolute Gasteiger partial charge is 0.462 e. The van der Waals surface area contributed by atoms with Crippen molar-refractivity contribution in [2.24, 2.45) is 0 Å². The molecule has 6 rings (SSSR count). The average molecular weight is 959 g/mol. The number of hydrogen-bond acceptors (Lipinski definition) is 2. The molecule has 0 N–H and O–H groups in total. The Hall–Kier alpha value is -5.88. The fourth-order valence-corrected chi connectivity index (χ4v) is 6.54. The second-order valence-electron chi connectivity index (χ2n) is 12.1. The SMILES string of the molecule is BrCOc1c[n+](Cc2ccccc2)ccn1.Fc1c(F)c(F)c([B-](c2c(F)c(F)c(F)c(F)c2F)(c2c(F)c(F)c(F)c(F)c2F)c2c(F)c(F)c(F)c(F)c2F)c(F)c1F. The van der Waals surface area contributed by atoms with Crippen molar-refractivity contribution in [3.05, 3.63) is 171 Å². The van der Waals surface area contributed by atoms with Gasteiger partial charge in [-0.05, 0) is 15.9 Å². The van der Waals surface area contributed by atoms with E-state index < -0.39 is 144 Å². The van der Waals surface area contributed by atoms with E-state index in [2.05, 4.69) is 33.0 Å². The minimum absolute atomic E-state index is 0.454. The van der Waals surface area contributed by atoms with Gasteiger partial charge in [0.2, 0.25) is 6.20 Å². The molecule has 25 heteroatoms. The van der Waals surface area contributed by atoms with Crippen LogP contribution in [0.4, 0.5) is 87.8 Å². The van der Waals surface area contributed by atoms with Crippen molar-refractivity contribution in [1.29, 1.82) is 0 Å². The number of nitrogens with zero attached hydrogens (tertiary/aromatic N) is 2. The van der Waals surface area contributed by atoms with Gasteiger partial charge in [0, 0.05) is 5.56 Å². The Morgan fingerprint density at radius 1 is 0.426 bits per heavy atom. The summed E-state index contributed by atoms with van der Waals surface area (Å²) in [5, 5.41) is 0. The molecule has 0 aliphatic rings. The molecule has 0 fully saturated rings. The number of ether oxygens (including phenoxy) is 1. The minimum atomic E-state index is -7.22. The summed E-state index contributed by atoms with van der Waals surface area (Å²) in [7, 11) is 0. The predicted octanol–water partition coefficient (Wildman–Crippen LogP) is 7.99. The summed E-state index contributed by atoms with van der Waals surface area (Å²) in [5.74, 6) is -70.8. The molecule has 0 amide bonds. The van der Waals surface area contributed by atoms with E-state index >= 15 is 35.1 Å². The van der Waals surface area contributed by atoms with Crippen LogP contribution in [0.15, 0.2) is 48.9 Å². The van der Waals surface area contributed by atoms with Gasteiger partial charge < -0.3 is 4.74 Å². The molecule has 3 nitrogen and oxygen atoms in total. The van der Waals surface area contributed by atoms with Crippen molar-refractivity contribution in [3.63, 3.8) is 0 Å². The monoisotopic (exact) mass is 958 g/mol. The Balaban J connectivity index is 0.000000366. The summed E-state index contributed by atoms with van der Waals surface area (Å²) < 4.78 is 301. The zero-order valence-electron chi connectivity index (χ0n) is 28.9. The van der Waals surface area contributed by atoms with Crippen LogP contribution in [0.5, 0.6) is 5.88 Å². The van der Waals surface area contributed by atoms with Crippen molar-refractivity contribution in [1.82, 2.24) is 4.98 Å². The molecule has 0 atom stereocenters. The molecule has 0 unspecified atom stereocenters. The van der Waals surface area contributed by atoms with Gasteiger partial charge in [0.25, 0.3) is 5.88 Å². The molecule has 0 saturated carbocycles. The molecular formula is C36H12BBrF20N2O. The van der Waals surface area contributed by atoms with Crippen LogP contribution >= 0.6 is 15.9 Å². The second-order valence-corrected chi connectivity index (χ2v) is 12.6. The Bertz CT molecular complexity index is 2330. The van der Waals surface area contributed by atoms with Crippen molar-refractivity contribution in [2.45, 2.75) is 6.54 Å². The number of alkyl halides is 1. The third-order valence-corrected chi connectivity index (χ3v) is 9.08. The number of hydrogen-bond donors (Lipinski definition) is 0. The normalized spacial score (nSPS) is 11.5. The van der Waals surface area contributed by atoms with Crippen LogP contribution in [-0.2, 0) is 6.54 Å². The number of benzene rings is 5. The van der Waals surface area contributed by atoms with Crippen molar-refractivity contribution in [3.8, 4) is 5.88 Å². The highest BCUT2D eigenvalue weighted by Gasteiger charge is 2.52. The maximum absolute atomic E-state index is 15.4. The Morgan fingerprint density at radius 3 is 0.984 bits per heavy atom. The predicted molar refractivity (Wildman–Crippen MR) is 174 cm³/mol. The molecule has 0 radical (unpaired) electrons. The lowest BCUT2D eigenvalue weighted by Crippen LogP contribution is -2.81. The molecule has 0 bridgehead atoms. The van der Waals surface area contributed by atoms with Gasteiger partial charge in [0.05, 0.1) is 6.20 Å². The fourth-order valence-electron chi connectivity index (χ4n) is 6.31. The molecule has 322 valence electrons. The Morgan fingerprint density at radius 2 is 0.705 bits per heavy atom. The van der Waals surface area contributed by atoms with E-state index in [1.165, 1.54) is 5.56 Å². The third-order valence-electron chi connectivity index (χ3n) is 8.85. The smallest absolute Gasteiger partial charge is 0.280 e. The van der Waals surface area contributed by atoms with E-state index in [-0.39, 0.29) is 0 Å². The molecule has 6 aromatic rings. The van der Waals surface area contributed by atoms with E-state index in [4.69, 9.17) is 4.74 Å².